The first-order chi connectivity index (χ1) is 31.7. The summed E-state index contributed by atoms with van der Waals surface area (Å²) in [5.74, 6) is 0.698. The zero-order valence-corrected chi connectivity index (χ0v) is 34.6. The molecule has 5 heteroatoms. The smallest absolute Gasteiger partial charge is 0.160 e. The van der Waals surface area contributed by atoms with Crippen molar-refractivity contribution >= 4 is 43.6 Å². The van der Waals surface area contributed by atoms with Gasteiger partial charge in [0.1, 0.15) is 6.07 Å². The molecule has 0 radical (unpaired) electrons. The summed E-state index contributed by atoms with van der Waals surface area (Å²) >= 11 is 0. The average molecular weight is 816 g/mol. The molecule has 9 aromatic carbocycles. The third kappa shape index (κ3) is 6.24. The summed E-state index contributed by atoms with van der Waals surface area (Å²) < 4.78 is 4.59. The van der Waals surface area contributed by atoms with Gasteiger partial charge in [0.25, 0.3) is 0 Å². The predicted octanol–water partition coefficient (Wildman–Crippen LogP) is 14.9. The molecule has 298 valence electrons. The van der Waals surface area contributed by atoms with Gasteiger partial charge in [0.2, 0.25) is 0 Å². The molecule has 0 atom stereocenters. The van der Waals surface area contributed by atoms with Crippen LogP contribution in [-0.4, -0.2) is 19.1 Å². The van der Waals surface area contributed by atoms with Crippen molar-refractivity contribution in [3.63, 3.8) is 0 Å². The molecular weight excluding hydrogens is 779 g/mol. The largest absolute Gasteiger partial charge is 0.309 e. The van der Waals surface area contributed by atoms with Gasteiger partial charge in [-0.2, -0.15) is 5.26 Å². The van der Waals surface area contributed by atoms with E-state index in [-0.39, 0.29) is 0 Å². The first kappa shape index (κ1) is 37.0. The van der Waals surface area contributed by atoms with Crippen LogP contribution < -0.4 is 0 Å². The SMILES string of the molecule is N#Cc1cc(-c2ccc(-c3ccc(-c4cc(-c5ccccc5)nc(-c5ccccc5)n4)cc3)cc2)ccc1-n1c2ccccc2c2cc(-n3c4ccccc4c4ccccc43)ccc21. The highest BCUT2D eigenvalue weighted by molar-refractivity contribution is 6.12. The number of hydrogen-bond acceptors (Lipinski definition) is 3. The Morgan fingerprint density at radius 3 is 1.34 bits per heavy atom. The van der Waals surface area contributed by atoms with Gasteiger partial charge in [-0.25, -0.2) is 9.97 Å². The fraction of sp³-hybridized carbons (Fsp3) is 0. The number of rotatable bonds is 7. The lowest BCUT2D eigenvalue weighted by atomic mass is 9.97. The molecule has 0 spiro atoms. The van der Waals surface area contributed by atoms with Crippen LogP contribution in [0.4, 0.5) is 0 Å². The van der Waals surface area contributed by atoms with Gasteiger partial charge in [-0.15, -0.1) is 0 Å². The molecule has 3 aromatic heterocycles. The van der Waals surface area contributed by atoms with Crippen LogP contribution in [0.1, 0.15) is 5.56 Å². The summed E-state index contributed by atoms with van der Waals surface area (Å²) in [7, 11) is 0. The molecule has 0 N–H and O–H groups in total. The second kappa shape index (κ2) is 15.3. The van der Waals surface area contributed by atoms with Gasteiger partial charge < -0.3 is 9.13 Å². The minimum Gasteiger partial charge on any atom is -0.309 e. The van der Waals surface area contributed by atoms with Gasteiger partial charge in [0.05, 0.1) is 44.7 Å². The summed E-state index contributed by atoms with van der Waals surface area (Å²) in [4.78, 5) is 9.95. The number of para-hydroxylation sites is 3. The van der Waals surface area contributed by atoms with E-state index in [0.29, 0.717) is 11.4 Å². The summed E-state index contributed by atoms with van der Waals surface area (Å²) in [5.41, 5.74) is 16.1. The van der Waals surface area contributed by atoms with Crippen molar-refractivity contribution in [3.05, 3.63) is 230 Å². The maximum absolute atomic E-state index is 10.7. The first-order valence-electron chi connectivity index (χ1n) is 21.5. The van der Waals surface area contributed by atoms with Gasteiger partial charge >= 0.3 is 0 Å². The first-order valence-corrected chi connectivity index (χ1v) is 21.5. The van der Waals surface area contributed by atoms with Crippen LogP contribution in [0.15, 0.2) is 224 Å². The molecule has 64 heavy (non-hydrogen) atoms. The Bertz CT molecular complexity index is 3650. The molecule has 0 aliphatic rings. The Morgan fingerprint density at radius 2 is 0.766 bits per heavy atom. The number of hydrogen-bond donors (Lipinski definition) is 0. The molecule has 0 aliphatic carbocycles. The highest BCUT2D eigenvalue weighted by Gasteiger charge is 2.19. The van der Waals surface area contributed by atoms with E-state index in [0.717, 1.165) is 83.5 Å². The normalized spacial score (nSPS) is 11.4. The van der Waals surface area contributed by atoms with Gasteiger partial charge in [-0.1, -0.05) is 170 Å². The lowest BCUT2D eigenvalue weighted by Gasteiger charge is -2.13. The third-order valence-corrected chi connectivity index (χ3v) is 12.4. The van der Waals surface area contributed by atoms with Crippen LogP contribution in [0.5, 0.6) is 0 Å². The van der Waals surface area contributed by atoms with Gasteiger partial charge in [-0.3, -0.25) is 0 Å². The standard InChI is InChI=1S/C59H37N5/c60-38-46-35-45(41-25-23-39(24-26-41)40-27-29-43(30-28-40)53-37-52(42-13-3-1-4-14-42)61-59(62-53)44-15-5-2-6-16-44)31-33-54(46)64-57-22-12-9-19-50(57)51-36-47(32-34-58(51)64)63-55-20-10-7-17-48(55)49-18-8-11-21-56(49)63/h1-37H. The van der Waals surface area contributed by atoms with Crippen molar-refractivity contribution in [1.29, 1.82) is 5.26 Å². The summed E-state index contributed by atoms with van der Waals surface area (Å²) in [6, 6.07) is 80.7. The molecule has 0 unspecified atom stereocenters. The Balaban J connectivity index is 0.865. The molecule has 0 bridgehead atoms. The minimum absolute atomic E-state index is 0.613. The molecular formula is C59H37N5. The number of nitriles is 1. The average Bonchev–Trinajstić information content (AvgIpc) is 3.89. The molecule has 0 fully saturated rings. The van der Waals surface area contributed by atoms with E-state index in [4.69, 9.17) is 9.97 Å². The maximum Gasteiger partial charge on any atom is 0.160 e. The molecule has 5 nitrogen and oxygen atoms in total. The van der Waals surface area contributed by atoms with Crippen molar-refractivity contribution in [2.24, 2.45) is 0 Å². The van der Waals surface area contributed by atoms with E-state index in [1.165, 1.54) is 21.8 Å². The molecule has 3 heterocycles. The molecule has 12 aromatic rings. The van der Waals surface area contributed by atoms with Gasteiger partial charge in [0, 0.05) is 43.9 Å². The molecule has 0 saturated heterocycles. The molecule has 0 aliphatic heterocycles. The van der Waals surface area contributed by atoms with Crippen molar-refractivity contribution in [3.8, 4) is 73.6 Å². The Hall–Kier alpha value is -8.85. The molecule has 0 saturated carbocycles. The van der Waals surface area contributed by atoms with Crippen LogP contribution in [0, 0.1) is 11.3 Å². The highest BCUT2D eigenvalue weighted by Crippen LogP contribution is 2.38. The Morgan fingerprint density at radius 1 is 0.328 bits per heavy atom. The lowest BCUT2D eigenvalue weighted by Crippen LogP contribution is -1.98. The minimum atomic E-state index is 0.613. The second-order valence-electron chi connectivity index (χ2n) is 16.1. The van der Waals surface area contributed by atoms with Crippen LogP contribution >= 0.6 is 0 Å². The fourth-order valence-corrected chi connectivity index (χ4v) is 9.32. The van der Waals surface area contributed by atoms with E-state index in [2.05, 4.69) is 185 Å². The zero-order valence-electron chi connectivity index (χ0n) is 34.6. The Kier molecular flexibility index (Phi) is 8.81. The maximum atomic E-state index is 10.7. The van der Waals surface area contributed by atoms with E-state index >= 15 is 0 Å². The quantitative estimate of drug-likeness (QED) is 0.161. The van der Waals surface area contributed by atoms with E-state index in [9.17, 15) is 5.26 Å². The predicted molar refractivity (Wildman–Crippen MR) is 263 cm³/mol. The van der Waals surface area contributed by atoms with E-state index in [1.807, 2.05) is 54.6 Å². The van der Waals surface area contributed by atoms with Crippen LogP contribution in [0.2, 0.25) is 0 Å². The summed E-state index contributed by atoms with van der Waals surface area (Å²) in [6.45, 7) is 0. The van der Waals surface area contributed by atoms with Crippen molar-refractivity contribution < 1.29 is 0 Å². The van der Waals surface area contributed by atoms with Crippen LogP contribution in [0.3, 0.4) is 0 Å². The second-order valence-corrected chi connectivity index (χ2v) is 16.1. The van der Waals surface area contributed by atoms with Gasteiger partial charge in [-0.05, 0) is 76.9 Å². The summed E-state index contributed by atoms with van der Waals surface area (Å²) in [5, 5.41) is 15.4. The number of benzene rings is 9. The van der Waals surface area contributed by atoms with Crippen LogP contribution in [0.25, 0.3) is 111 Å². The highest BCUT2D eigenvalue weighted by atomic mass is 15.0. The number of nitrogens with zero attached hydrogens (tertiary/aromatic N) is 5. The van der Waals surface area contributed by atoms with Crippen molar-refractivity contribution in [2.45, 2.75) is 0 Å². The van der Waals surface area contributed by atoms with Gasteiger partial charge in [0.15, 0.2) is 5.82 Å². The molecule has 0 amide bonds. The fourth-order valence-electron chi connectivity index (χ4n) is 9.32. The Labute approximate surface area is 370 Å². The van der Waals surface area contributed by atoms with Crippen molar-refractivity contribution in [2.75, 3.05) is 0 Å². The number of aromatic nitrogens is 4. The topological polar surface area (TPSA) is 59.4 Å². The summed E-state index contributed by atoms with van der Waals surface area (Å²) in [6.07, 6.45) is 0. The van der Waals surface area contributed by atoms with Crippen LogP contribution in [-0.2, 0) is 0 Å². The lowest BCUT2D eigenvalue weighted by molar-refractivity contribution is 1.16. The monoisotopic (exact) mass is 815 g/mol. The molecule has 12 rings (SSSR count). The number of fused-ring (bicyclic) bond motifs is 6. The third-order valence-electron chi connectivity index (χ3n) is 12.4. The van der Waals surface area contributed by atoms with Crippen molar-refractivity contribution in [1.82, 2.24) is 19.1 Å². The van der Waals surface area contributed by atoms with E-state index in [1.54, 1.807) is 0 Å². The zero-order chi connectivity index (χ0) is 42.6. The van der Waals surface area contributed by atoms with E-state index < -0.39 is 0 Å².